The molecule has 2 amide bonds. The lowest BCUT2D eigenvalue weighted by Crippen LogP contribution is -2.35. The highest BCUT2D eigenvalue weighted by Gasteiger charge is 2.36. The molecule has 3 rings (SSSR count). The van der Waals surface area contributed by atoms with Gasteiger partial charge in [-0.1, -0.05) is 6.07 Å². The van der Waals surface area contributed by atoms with Gasteiger partial charge in [-0.25, -0.2) is 9.18 Å². The molecule has 1 aliphatic heterocycles. The van der Waals surface area contributed by atoms with E-state index in [0.29, 0.717) is 17.3 Å². The van der Waals surface area contributed by atoms with Gasteiger partial charge < -0.3 is 14.2 Å². The second-order valence-corrected chi connectivity index (χ2v) is 8.11. The maximum absolute atomic E-state index is 13.0. The monoisotopic (exact) mass is 473 g/mol. The number of amides is 2. The van der Waals surface area contributed by atoms with Crippen LogP contribution in [0.3, 0.4) is 0 Å². The van der Waals surface area contributed by atoms with E-state index in [1.807, 2.05) is 0 Å². The van der Waals surface area contributed by atoms with E-state index in [1.54, 1.807) is 19.9 Å². The Kier molecular flexibility index (Phi) is 7.49. The van der Waals surface area contributed by atoms with Crippen molar-refractivity contribution in [2.75, 3.05) is 13.7 Å². The Hall–Kier alpha value is -3.66. The second-order valence-electron chi connectivity index (χ2n) is 7.11. The van der Waals surface area contributed by atoms with E-state index in [-0.39, 0.29) is 28.1 Å². The molecule has 10 heteroatoms. The molecule has 1 heterocycles. The van der Waals surface area contributed by atoms with Gasteiger partial charge in [0.05, 0.1) is 23.7 Å². The molecule has 0 spiro atoms. The molecule has 172 valence electrons. The molecule has 33 heavy (non-hydrogen) atoms. The summed E-state index contributed by atoms with van der Waals surface area (Å²) in [5.41, 5.74) is 0.663. The minimum Gasteiger partial charge on any atom is -0.493 e. The predicted octanol–water partition coefficient (Wildman–Crippen LogP) is 4.04. The molecular weight excluding hydrogens is 453 g/mol. The number of halogens is 1. The number of esters is 2. The maximum atomic E-state index is 13.0. The molecule has 0 aromatic heterocycles. The van der Waals surface area contributed by atoms with E-state index in [4.69, 9.17) is 14.2 Å². The Morgan fingerprint density at radius 2 is 1.79 bits per heavy atom. The van der Waals surface area contributed by atoms with Crippen molar-refractivity contribution in [3.05, 3.63) is 64.3 Å². The van der Waals surface area contributed by atoms with Gasteiger partial charge >= 0.3 is 11.9 Å². The topological polar surface area (TPSA) is 99.2 Å². The number of thioether (sulfide) groups is 1. The molecule has 8 nitrogen and oxygen atoms in total. The normalized spacial score (nSPS) is 14.7. The van der Waals surface area contributed by atoms with Crippen molar-refractivity contribution in [1.29, 1.82) is 0 Å². The number of carbonyl (C=O) groups is 4. The van der Waals surface area contributed by atoms with Crippen LogP contribution in [-0.2, 0) is 14.3 Å². The van der Waals surface area contributed by atoms with Crippen molar-refractivity contribution in [2.45, 2.75) is 20.0 Å². The second kappa shape index (κ2) is 10.3. The van der Waals surface area contributed by atoms with Gasteiger partial charge in [0.2, 0.25) is 0 Å². The van der Waals surface area contributed by atoms with Crippen LogP contribution in [0.25, 0.3) is 6.08 Å². The number of ether oxygens (including phenoxy) is 3. The summed E-state index contributed by atoms with van der Waals surface area (Å²) in [5.74, 6) is -2.14. The summed E-state index contributed by atoms with van der Waals surface area (Å²) >= 11 is 0.698. The van der Waals surface area contributed by atoms with E-state index in [9.17, 15) is 23.6 Å². The molecule has 1 saturated heterocycles. The molecule has 0 aliphatic carbocycles. The first-order chi connectivity index (χ1) is 15.7. The molecule has 0 atom stereocenters. The number of rotatable bonds is 7. The predicted molar refractivity (Wildman–Crippen MR) is 118 cm³/mol. The molecule has 0 bridgehead atoms. The van der Waals surface area contributed by atoms with Crippen LogP contribution in [-0.4, -0.2) is 47.7 Å². The van der Waals surface area contributed by atoms with Gasteiger partial charge in [-0.15, -0.1) is 0 Å². The van der Waals surface area contributed by atoms with Crippen molar-refractivity contribution in [3.63, 3.8) is 0 Å². The number of benzene rings is 2. The fourth-order valence-corrected chi connectivity index (χ4v) is 3.66. The third-order valence-corrected chi connectivity index (χ3v) is 5.20. The Morgan fingerprint density at radius 1 is 1.09 bits per heavy atom. The van der Waals surface area contributed by atoms with Crippen molar-refractivity contribution >= 4 is 40.9 Å². The summed E-state index contributed by atoms with van der Waals surface area (Å²) in [4.78, 5) is 49.8. The van der Waals surface area contributed by atoms with Crippen LogP contribution in [0.15, 0.2) is 47.4 Å². The molecular formula is C23H20FNO7S. The van der Waals surface area contributed by atoms with Crippen LogP contribution in [0.5, 0.6) is 11.5 Å². The Labute approximate surface area is 193 Å². The minimum atomic E-state index is -0.699. The summed E-state index contributed by atoms with van der Waals surface area (Å²) in [6.45, 7) is 2.86. The number of nitrogens with zero attached hydrogens (tertiary/aromatic N) is 1. The zero-order valence-corrected chi connectivity index (χ0v) is 18.8. The van der Waals surface area contributed by atoms with Gasteiger partial charge in [-0.2, -0.15) is 0 Å². The van der Waals surface area contributed by atoms with Gasteiger partial charge in [0.15, 0.2) is 11.5 Å². The molecule has 2 aromatic rings. The van der Waals surface area contributed by atoms with E-state index in [2.05, 4.69) is 0 Å². The van der Waals surface area contributed by atoms with Crippen LogP contribution in [0.2, 0.25) is 0 Å². The lowest BCUT2D eigenvalue weighted by molar-refractivity contribution is -0.149. The molecule has 0 unspecified atom stereocenters. The Balaban J connectivity index is 1.75. The van der Waals surface area contributed by atoms with Gasteiger partial charge in [0.1, 0.15) is 12.4 Å². The number of imide groups is 1. The lowest BCUT2D eigenvalue weighted by atomic mass is 10.1. The van der Waals surface area contributed by atoms with Crippen molar-refractivity contribution in [3.8, 4) is 11.5 Å². The Morgan fingerprint density at radius 3 is 2.42 bits per heavy atom. The first-order valence-corrected chi connectivity index (χ1v) is 10.6. The molecule has 0 saturated carbocycles. The largest absolute Gasteiger partial charge is 0.493 e. The van der Waals surface area contributed by atoms with Crippen LogP contribution < -0.4 is 9.47 Å². The van der Waals surface area contributed by atoms with E-state index >= 15 is 0 Å². The highest BCUT2D eigenvalue weighted by Crippen LogP contribution is 2.34. The quantitative estimate of drug-likeness (QED) is 0.338. The van der Waals surface area contributed by atoms with Crippen molar-refractivity contribution in [1.82, 2.24) is 4.90 Å². The number of methoxy groups -OCH3 is 1. The summed E-state index contributed by atoms with van der Waals surface area (Å²) in [6.07, 6.45) is 1.10. The van der Waals surface area contributed by atoms with E-state index < -0.39 is 35.4 Å². The van der Waals surface area contributed by atoms with Crippen LogP contribution in [0.1, 0.15) is 29.8 Å². The highest BCUT2D eigenvalue weighted by atomic mass is 32.2. The van der Waals surface area contributed by atoms with Gasteiger partial charge in [-0.05, 0) is 73.6 Å². The number of hydrogen-bond donors (Lipinski definition) is 0. The average molecular weight is 473 g/mol. The smallest absolute Gasteiger partial charge is 0.343 e. The zero-order valence-electron chi connectivity index (χ0n) is 18.0. The summed E-state index contributed by atoms with van der Waals surface area (Å²) in [7, 11) is 1.38. The summed E-state index contributed by atoms with van der Waals surface area (Å²) in [6, 6.07) is 9.44. The SMILES string of the molecule is COc1cc(/C=C2\SC(=O)N(CC(=O)OC(C)C)C2=O)ccc1OC(=O)c1ccc(F)cc1. The van der Waals surface area contributed by atoms with Crippen molar-refractivity contribution < 1.29 is 37.8 Å². The zero-order chi connectivity index (χ0) is 24.1. The molecule has 1 fully saturated rings. The third-order valence-electron chi connectivity index (χ3n) is 4.30. The van der Waals surface area contributed by atoms with Gasteiger partial charge in [-0.3, -0.25) is 19.3 Å². The standard InChI is InChI=1S/C23H20FNO7S/c1-13(2)31-20(26)12-25-21(27)19(33-23(25)29)11-14-4-9-17(18(10-14)30-3)32-22(28)15-5-7-16(24)8-6-15/h4-11,13H,12H2,1-3H3/b19-11-. The van der Waals surface area contributed by atoms with Crippen LogP contribution in [0.4, 0.5) is 9.18 Å². The van der Waals surface area contributed by atoms with E-state index in [1.165, 1.54) is 37.5 Å². The number of hydrogen-bond acceptors (Lipinski definition) is 8. The van der Waals surface area contributed by atoms with Crippen LogP contribution >= 0.6 is 11.8 Å². The highest BCUT2D eigenvalue weighted by molar-refractivity contribution is 8.18. The number of carbonyl (C=O) groups excluding carboxylic acids is 4. The summed E-state index contributed by atoms with van der Waals surface area (Å²) in [5, 5.41) is -0.580. The molecule has 0 radical (unpaired) electrons. The maximum Gasteiger partial charge on any atom is 0.343 e. The lowest BCUT2D eigenvalue weighted by Gasteiger charge is -2.13. The Bertz CT molecular complexity index is 1130. The summed E-state index contributed by atoms with van der Waals surface area (Å²) < 4.78 is 28.6. The molecule has 2 aromatic carbocycles. The average Bonchev–Trinajstić information content (AvgIpc) is 3.01. The van der Waals surface area contributed by atoms with Gasteiger partial charge in [0.25, 0.3) is 11.1 Å². The fraction of sp³-hybridized carbons (Fsp3) is 0.217. The first-order valence-electron chi connectivity index (χ1n) is 9.78. The first kappa shape index (κ1) is 24.0. The molecule has 0 N–H and O–H groups in total. The fourth-order valence-electron chi connectivity index (χ4n) is 2.82. The minimum absolute atomic E-state index is 0.119. The van der Waals surface area contributed by atoms with E-state index in [0.717, 1.165) is 17.0 Å². The molecule has 1 aliphatic rings. The van der Waals surface area contributed by atoms with Gasteiger partial charge in [0, 0.05) is 0 Å². The van der Waals surface area contributed by atoms with Crippen LogP contribution in [0, 0.1) is 5.82 Å². The third kappa shape index (κ3) is 5.98. The van der Waals surface area contributed by atoms with Crippen molar-refractivity contribution in [2.24, 2.45) is 0 Å².